The summed E-state index contributed by atoms with van der Waals surface area (Å²) in [5.41, 5.74) is -0.425. The number of carbonyl (C=O) groups excluding carboxylic acids is 1. The van der Waals surface area contributed by atoms with Gasteiger partial charge in [-0.3, -0.25) is 9.59 Å². The highest BCUT2D eigenvalue weighted by Gasteiger charge is 2.23. The highest BCUT2D eigenvalue weighted by Crippen LogP contribution is 2.17. The number of hydrogen-bond acceptors (Lipinski definition) is 2. The molecule has 0 aromatic rings. The molecule has 0 rings (SSSR count). The fourth-order valence-electron chi connectivity index (χ4n) is 1.65. The number of carboxylic acids is 1. The summed E-state index contributed by atoms with van der Waals surface area (Å²) in [5, 5.41) is 11.6. The zero-order valence-electron chi connectivity index (χ0n) is 11.5. The Morgan fingerprint density at radius 3 is 2.12 bits per heavy atom. The van der Waals surface area contributed by atoms with E-state index in [4.69, 9.17) is 5.11 Å². The normalized spacial score (nSPS) is 13.5. The van der Waals surface area contributed by atoms with Crippen molar-refractivity contribution < 1.29 is 14.7 Å². The molecule has 100 valence electrons. The van der Waals surface area contributed by atoms with E-state index in [0.29, 0.717) is 12.5 Å². The van der Waals surface area contributed by atoms with Gasteiger partial charge in [-0.1, -0.05) is 34.6 Å². The van der Waals surface area contributed by atoms with Crippen molar-refractivity contribution >= 4 is 11.9 Å². The molecule has 1 unspecified atom stereocenters. The Balaban J connectivity index is 4.25. The lowest BCUT2D eigenvalue weighted by molar-refractivity contribution is -0.138. The van der Waals surface area contributed by atoms with Gasteiger partial charge in [0.25, 0.3) is 0 Å². The predicted octanol–water partition coefficient (Wildman–Crippen LogP) is 2.29. The van der Waals surface area contributed by atoms with Crippen molar-refractivity contribution in [2.24, 2.45) is 17.3 Å². The van der Waals surface area contributed by atoms with Gasteiger partial charge in [-0.15, -0.1) is 0 Å². The third-order valence-electron chi connectivity index (χ3n) is 2.50. The third kappa shape index (κ3) is 7.77. The molecule has 0 aromatic heterocycles. The molecular formula is C13H25NO3. The molecule has 0 bridgehead atoms. The van der Waals surface area contributed by atoms with Gasteiger partial charge in [0.15, 0.2) is 0 Å². The second-order valence-corrected chi connectivity index (χ2v) is 6.05. The fourth-order valence-corrected chi connectivity index (χ4v) is 1.65. The standard InChI is InChI=1S/C13H25NO3/c1-9(2)6-10(7-11(15)16)8-14-12(17)13(3,4)5/h9-10H,6-8H2,1-5H3,(H,14,17)(H,15,16). The summed E-state index contributed by atoms with van der Waals surface area (Å²) in [6.07, 6.45) is 0.930. The Morgan fingerprint density at radius 2 is 1.76 bits per heavy atom. The van der Waals surface area contributed by atoms with Crippen LogP contribution in [0, 0.1) is 17.3 Å². The molecule has 0 aliphatic carbocycles. The van der Waals surface area contributed by atoms with Crippen LogP contribution in [0.4, 0.5) is 0 Å². The molecule has 0 aromatic carbocycles. The lowest BCUT2D eigenvalue weighted by Crippen LogP contribution is -2.38. The second kappa shape index (κ2) is 6.62. The van der Waals surface area contributed by atoms with E-state index in [0.717, 1.165) is 6.42 Å². The Hall–Kier alpha value is -1.06. The van der Waals surface area contributed by atoms with E-state index in [9.17, 15) is 9.59 Å². The number of carbonyl (C=O) groups is 2. The molecule has 0 spiro atoms. The van der Waals surface area contributed by atoms with E-state index in [1.165, 1.54) is 0 Å². The van der Waals surface area contributed by atoms with Gasteiger partial charge in [0, 0.05) is 18.4 Å². The van der Waals surface area contributed by atoms with Crippen molar-refractivity contribution in [2.75, 3.05) is 6.54 Å². The molecule has 1 atom stereocenters. The summed E-state index contributed by atoms with van der Waals surface area (Å²) in [6.45, 7) is 10.1. The number of nitrogens with one attached hydrogen (secondary N) is 1. The van der Waals surface area contributed by atoms with E-state index >= 15 is 0 Å². The second-order valence-electron chi connectivity index (χ2n) is 6.05. The van der Waals surface area contributed by atoms with Crippen molar-refractivity contribution in [3.63, 3.8) is 0 Å². The maximum atomic E-state index is 11.7. The summed E-state index contributed by atoms with van der Waals surface area (Å²) in [7, 11) is 0. The van der Waals surface area contributed by atoms with Crippen LogP contribution < -0.4 is 5.32 Å². The fraction of sp³-hybridized carbons (Fsp3) is 0.846. The van der Waals surface area contributed by atoms with Crippen LogP contribution in [0.2, 0.25) is 0 Å². The molecule has 0 heterocycles. The largest absolute Gasteiger partial charge is 0.481 e. The van der Waals surface area contributed by atoms with E-state index in [1.54, 1.807) is 0 Å². The minimum absolute atomic E-state index is 0.0128. The molecule has 4 heteroatoms. The molecule has 17 heavy (non-hydrogen) atoms. The van der Waals surface area contributed by atoms with Crippen molar-refractivity contribution in [3.8, 4) is 0 Å². The molecule has 0 fully saturated rings. The number of rotatable bonds is 6. The van der Waals surface area contributed by atoms with Gasteiger partial charge < -0.3 is 10.4 Å². The van der Waals surface area contributed by atoms with Gasteiger partial charge in [-0.25, -0.2) is 0 Å². The molecular weight excluding hydrogens is 218 g/mol. The van der Waals surface area contributed by atoms with E-state index in [-0.39, 0.29) is 18.2 Å². The van der Waals surface area contributed by atoms with Gasteiger partial charge >= 0.3 is 5.97 Å². The zero-order valence-corrected chi connectivity index (χ0v) is 11.5. The zero-order chi connectivity index (χ0) is 13.6. The van der Waals surface area contributed by atoms with Crippen LogP contribution in [0.5, 0.6) is 0 Å². The SMILES string of the molecule is CC(C)CC(CNC(=O)C(C)(C)C)CC(=O)O. The third-order valence-corrected chi connectivity index (χ3v) is 2.50. The number of carboxylic acid groups (broad SMARTS) is 1. The van der Waals surface area contributed by atoms with Crippen LogP contribution in [0.3, 0.4) is 0 Å². The van der Waals surface area contributed by atoms with Crippen molar-refractivity contribution in [2.45, 2.75) is 47.5 Å². The predicted molar refractivity (Wildman–Crippen MR) is 67.7 cm³/mol. The first-order chi connectivity index (χ1) is 7.62. The highest BCUT2D eigenvalue weighted by atomic mass is 16.4. The smallest absolute Gasteiger partial charge is 0.303 e. The van der Waals surface area contributed by atoms with E-state index in [2.05, 4.69) is 19.2 Å². The minimum Gasteiger partial charge on any atom is -0.481 e. The molecule has 1 amide bonds. The number of aliphatic carboxylic acids is 1. The van der Waals surface area contributed by atoms with Crippen molar-refractivity contribution in [1.29, 1.82) is 0 Å². The molecule has 0 aliphatic heterocycles. The lowest BCUT2D eigenvalue weighted by atomic mass is 9.92. The first-order valence-electron chi connectivity index (χ1n) is 6.13. The molecule has 4 nitrogen and oxygen atoms in total. The summed E-state index contributed by atoms with van der Waals surface area (Å²) in [5.74, 6) is -0.387. The average molecular weight is 243 g/mol. The monoisotopic (exact) mass is 243 g/mol. The van der Waals surface area contributed by atoms with Crippen molar-refractivity contribution in [3.05, 3.63) is 0 Å². The first-order valence-corrected chi connectivity index (χ1v) is 6.13. The maximum Gasteiger partial charge on any atom is 0.303 e. The average Bonchev–Trinajstić information content (AvgIpc) is 2.10. The lowest BCUT2D eigenvalue weighted by Gasteiger charge is -2.22. The molecule has 2 N–H and O–H groups in total. The maximum absolute atomic E-state index is 11.7. The first kappa shape index (κ1) is 15.9. The topological polar surface area (TPSA) is 66.4 Å². The van der Waals surface area contributed by atoms with Crippen LogP contribution in [0.1, 0.15) is 47.5 Å². The minimum atomic E-state index is -0.805. The number of amides is 1. The van der Waals surface area contributed by atoms with Gasteiger partial charge in [-0.2, -0.15) is 0 Å². The Morgan fingerprint density at radius 1 is 1.24 bits per heavy atom. The summed E-state index contributed by atoms with van der Waals surface area (Å²) < 4.78 is 0. The van der Waals surface area contributed by atoms with Gasteiger partial charge in [0.1, 0.15) is 0 Å². The van der Waals surface area contributed by atoms with Crippen LogP contribution in [0.15, 0.2) is 0 Å². The Bertz CT molecular complexity index is 266. The quantitative estimate of drug-likeness (QED) is 0.752. The molecule has 0 aliphatic rings. The Kier molecular flexibility index (Phi) is 6.21. The summed E-state index contributed by atoms with van der Waals surface area (Å²) >= 11 is 0. The van der Waals surface area contributed by atoms with Gasteiger partial charge in [0.05, 0.1) is 0 Å². The summed E-state index contributed by atoms with van der Waals surface area (Å²) in [4.78, 5) is 22.4. The van der Waals surface area contributed by atoms with E-state index < -0.39 is 11.4 Å². The van der Waals surface area contributed by atoms with Crippen LogP contribution in [-0.2, 0) is 9.59 Å². The molecule has 0 radical (unpaired) electrons. The van der Waals surface area contributed by atoms with Crippen LogP contribution in [-0.4, -0.2) is 23.5 Å². The summed E-state index contributed by atoms with van der Waals surface area (Å²) in [6, 6.07) is 0. The molecule has 0 saturated carbocycles. The highest BCUT2D eigenvalue weighted by molar-refractivity contribution is 5.81. The molecule has 0 saturated heterocycles. The Labute approximate surface area is 104 Å². The van der Waals surface area contributed by atoms with Crippen molar-refractivity contribution in [1.82, 2.24) is 5.32 Å². The van der Waals surface area contributed by atoms with Crippen LogP contribution in [0.25, 0.3) is 0 Å². The van der Waals surface area contributed by atoms with Gasteiger partial charge in [-0.05, 0) is 18.3 Å². The number of hydrogen-bond donors (Lipinski definition) is 2. The van der Waals surface area contributed by atoms with Crippen LogP contribution >= 0.6 is 0 Å². The van der Waals surface area contributed by atoms with Gasteiger partial charge in [0.2, 0.25) is 5.91 Å². The van der Waals surface area contributed by atoms with E-state index in [1.807, 2.05) is 20.8 Å².